The Labute approximate surface area is 131 Å². The van der Waals surface area contributed by atoms with Gasteiger partial charge in [-0.1, -0.05) is 34.1 Å². The highest BCUT2D eigenvalue weighted by atomic mass is 79.9. The molecule has 0 radical (unpaired) electrons. The van der Waals surface area contributed by atoms with Crippen molar-refractivity contribution in [3.8, 4) is 0 Å². The number of aryl methyl sites for hydroxylation is 1. The lowest BCUT2D eigenvalue weighted by atomic mass is 10.0. The van der Waals surface area contributed by atoms with Crippen LogP contribution in [0.2, 0.25) is 0 Å². The summed E-state index contributed by atoms with van der Waals surface area (Å²) in [6, 6.07) is 17.8. The Morgan fingerprint density at radius 3 is 2.45 bits per heavy atom. The molecule has 20 heavy (non-hydrogen) atoms. The normalized spacial score (nSPS) is 12.8. The van der Waals surface area contributed by atoms with Gasteiger partial charge in [-0.05, 0) is 60.6 Å². The van der Waals surface area contributed by atoms with Crippen molar-refractivity contribution < 1.29 is 0 Å². The molecule has 0 aliphatic heterocycles. The maximum atomic E-state index is 3.52. The van der Waals surface area contributed by atoms with Crippen LogP contribution in [-0.2, 0) is 0 Å². The molecule has 1 aromatic heterocycles. The Hall–Kier alpha value is -1.16. The van der Waals surface area contributed by atoms with Crippen LogP contribution in [0.3, 0.4) is 0 Å². The van der Waals surface area contributed by atoms with Crippen molar-refractivity contribution in [1.29, 1.82) is 0 Å². The average molecular weight is 346 g/mol. The number of benzene rings is 2. The van der Waals surface area contributed by atoms with Gasteiger partial charge in [0.05, 0.1) is 6.04 Å². The number of nitrogens with one attached hydrogen (secondary N) is 1. The molecular weight excluding hydrogens is 330 g/mol. The molecule has 1 nitrogen and oxygen atoms in total. The minimum absolute atomic E-state index is 0.266. The van der Waals surface area contributed by atoms with E-state index in [0.717, 1.165) is 4.47 Å². The number of hydrogen-bond acceptors (Lipinski definition) is 2. The number of thiophene rings is 1. The van der Waals surface area contributed by atoms with Gasteiger partial charge in [-0.2, -0.15) is 0 Å². The molecule has 0 aliphatic rings. The van der Waals surface area contributed by atoms with Gasteiger partial charge in [0.15, 0.2) is 0 Å². The number of halogens is 1. The zero-order valence-electron chi connectivity index (χ0n) is 11.5. The summed E-state index contributed by atoms with van der Waals surface area (Å²) < 4.78 is 1.12. The summed E-state index contributed by atoms with van der Waals surface area (Å²) in [4.78, 5) is 2.71. The monoisotopic (exact) mass is 345 g/mol. The van der Waals surface area contributed by atoms with Gasteiger partial charge in [-0.3, -0.25) is 0 Å². The van der Waals surface area contributed by atoms with Gasteiger partial charge in [-0.25, -0.2) is 0 Å². The summed E-state index contributed by atoms with van der Waals surface area (Å²) in [6.07, 6.45) is 0. The zero-order valence-corrected chi connectivity index (χ0v) is 13.9. The molecule has 1 N–H and O–H groups in total. The third kappa shape index (κ3) is 2.66. The second-order valence-corrected chi connectivity index (χ2v) is 7.16. The summed E-state index contributed by atoms with van der Waals surface area (Å²) in [5.74, 6) is 0. The molecule has 1 atom stereocenters. The van der Waals surface area contributed by atoms with E-state index in [-0.39, 0.29) is 6.04 Å². The first-order valence-electron chi connectivity index (χ1n) is 6.60. The van der Waals surface area contributed by atoms with Crippen molar-refractivity contribution >= 4 is 38.0 Å². The highest BCUT2D eigenvalue weighted by molar-refractivity contribution is 9.10. The smallest absolute Gasteiger partial charge is 0.0668 e. The van der Waals surface area contributed by atoms with Gasteiger partial charge in [-0.15, -0.1) is 11.3 Å². The minimum atomic E-state index is 0.266. The van der Waals surface area contributed by atoms with Gasteiger partial charge in [0, 0.05) is 14.2 Å². The maximum absolute atomic E-state index is 3.52. The molecule has 0 saturated heterocycles. The van der Waals surface area contributed by atoms with E-state index in [9.17, 15) is 0 Å². The molecule has 0 amide bonds. The molecule has 2 aromatic carbocycles. The van der Waals surface area contributed by atoms with Crippen LogP contribution in [0.5, 0.6) is 0 Å². The predicted octanol–water partition coefficient (Wildman–Crippen LogP) is 5.28. The molecule has 0 spiro atoms. The standard InChI is InChI=1S/C17H16BrNS/c1-11-3-8-16(20-11)17(19-2)14-5-4-13-10-15(18)7-6-12(13)9-14/h3-10,17,19H,1-2H3. The second-order valence-electron chi connectivity index (χ2n) is 4.92. The quantitative estimate of drug-likeness (QED) is 0.680. The molecule has 0 fully saturated rings. The Bertz CT molecular complexity index is 748. The lowest BCUT2D eigenvalue weighted by Crippen LogP contribution is -2.16. The van der Waals surface area contributed by atoms with E-state index >= 15 is 0 Å². The van der Waals surface area contributed by atoms with Crippen LogP contribution in [0.4, 0.5) is 0 Å². The largest absolute Gasteiger partial charge is 0.309 e. The number of rotatable bonds is 3. The van der Waals surface area contributed by atoms with Crippen molar-refractivity contribution in [2.45, 2.75) is 13.0 Å². The molecule has 0 bridgehead atoms. The van der Waals surface area contributed by atoms with E-state index < -0.39 is 0 Å². The lowest BCUT2D eigenvalue weighted by molar-refractivity contribution is 0.705. The molecule has 0 saturated carbocycles. The molecule has 1 heterocycles. The predicted molar refractivity (Wildman–Crippen MR) is 91.6 cm³/mol. The topological polar surface area (TPSA) is 12.0 Å². The molecule has 3 rings (SSSR count). The van der Waals surface area contributed by atoms with Gasteiger partial charge in [0.1, 0.15) is 0 Å². The van der Waals surface area contributed by atoms with Crippen LogP contribution < -0.4 is 5.32 Å². The first-order valence-corrected chi connectivity index (χ1v) is 8.21. The Kier molecular flexibility index (Phi) is 3.92. The van der Waals surface area contributed by atoms with Crippen molar-refractivity contribution in [3.05, 3.63) is 68.3 Å². The third-order valence-electron chi connectivity index (χ3n) is 3.49. The van der Waals surface area contributed by atoms with E-state index in [1.54, 1.807) is 0 Å². The van der Waals surface area contributed by atoms with E-state index in [4.69, 9.17) is 0 Å². The summed E-state index contributed by atoms with van der Waals surface area (Å²) >= 11 is 5.38. The SMILES string of the molecule is CNC(c1ccc2cc(Br)ccc2c1)c1ccc(C)s1. The van der Waals surface area contributed by atoms with E-state index in [1.807, 2.05) is 18.4 Å². The fourth-order valence-corrected chi connectivity index (χ4v) is 3.89. The van der Waals surface area contributed by atoms with Gasteiger partial charge < -0.3 is 5.32 Å². The van der Waals surface area contributed by atoms with Crippen LogP contribution in [0.1, 0.15) is 21.4 Å². The van der Waals surface area contributed by atoms with Crippen molar-refractivity contribution in [2.75, 3.05) is 7.05 Å². The van der Waals surface area contributed by atoms with E-state index in [1.165, 1.54) is 26.1 Å². The molecule has 102 valence electrons. The summed E-state index contributed by atoms with van der Waals surface area (Å²) in [5, 5.41) is 5.97. The molecular formula is C17H16BrNS. The summed E-state index contributed by atoms with van der Waals surface area (Å²) in [6.45, 7) is 2.15. The van der Waals surface area contributed by atoms with E-state index in [0.29, 0.717) is 0 Å². The third-order valence-corrected chi connectivity index (χ3v) is 5.05. The summed E-state index contributed by atoms with van der Waals surface area (Å²) in [7, 11) is 2.02. The summed E-state index contributed by atoms with van der Waals surface area (Å²) in [5.41, 5.74) is 1.31. The number of hydrogen-bond donors (Lipinski definition) is 1. The second kappa shape index (κ2) is 5.68. The average Bonchev–Trinajstić information content (AvgIpc) is 2.86. The maximum Gasteiger partial charge on any atom is 0.0668 e. The lowest BCUT2D eigenvalue weighted by Gasteiger charge is -2.16. The van der Waals surface area contributed by atoms with Gasteiger partial charge in [0.2, 0.25) is 0 Å². The molecule has 3 aromatic rings. The van der Waals surface area contributed by atoms with Gasteiger partial charge >= 0.3 is 0 Å². The first-order chi connectivity index (χ1) is 9.67. The van der Waals surface area contributed by atoms with Crippen LogP contribution in [0, 0.1) is 6.92 Å². The highest BCUT2D eigenvalue weighted by Crippen LogP contribution is 2.30. The van der Waals surface area contributed by atoms with Crippen molar-refractivity contribution in [2.24, 2.45) is 0 Å². The van der Waals surface area contributed by atoms with Gasteiger partial charge in [0.25, 0.3) is 0 Å². The zero-order chi connectivity index (χ0) is 14.1. The van der Waals surface area contributed by atoms with Crippen LogP contribution in [-0.4, -0.2) is 7.05 Å². The molecule has 3 heteroatoms. The fraction of sp³-hybridized carbons (Fsp3) is 0.176. The Balaban J connectivity index is 2.05. The van der Waals surface area contributed by atoms with Crippen molar-refractivity contribution in [3.63, 3.8) is 0 Å². The first kappa shape index (κ1) is 13.8. The highest BCUT2D eigenvalue weighted by Gasteiger charge is 2.14. The Morgan fingerprint density at radius 2 is 1.75 bits per heavy atom. The molecule has 0 aliphatic carbocycles. The van der Waals surface area contributed by atoms with Crippen LogP contribution in [0.25, 0.3) is 10.8 Å². The molecule has 1 unspecified atom stereocenters. The Morgan fingerprint density at radius 1 is 1.00 bits per heavy atom. The fourth-order valence-electron chi connectivity index (χ4n) is 2.50. The minimum Gasteiger partial charge on any atom is -0.309 e. The van der Waals surface area contributed by atoms with Crippen LogP contribution >= 0.6 is 27.3 Å². The van der Waals surface area contributed by atoms with E-state index in [2.05, 4.69) is 76.7 Å². The number of fused-ring (bicyclic) bond motifs is 1. The van der Waals surface area contributed by atoms with Crippen LogP contribution in [0.15, 0.2) is 53.0 Å². The van der Waals surface area contributed by atoms with Crippen molar-refractivity contribution in [1.82, 2.24) is 5.32 Å².